The Morgan fingerprint density at radius 2 is 2.09 bits per heavy atom. The number of likely N-dealkylation sites (tertiary alicyclic amines) is 1. The molecule has 1 aromatic carbocycles. The molecule has 4 nitrogen and oxygen atoms in total. The first-order chi connectivity index (χ1) is 10.7. The number of anilines is 1. The van der Waals surface area contributed by atoms with Crippen molar-refractivity contribution in [2.75, 3.05) is 31.9 Å². The lowest BCUT2D eigenvalue weighted by molar-refractivity contribution is 0.332. The summed E-state index contributed by atoms with van der Waals surface area (Å²) in [4.78, 5) is 7.78. The zero-order valence-electron chi connectivity index (χ0n) is 12.5. The molecule has 1 atom stereocenters. The fourth-order valence-corrected chi connectivity index (χ4v) is 3.91. The van der Waals surface area contributed by atoms with Gasteiger partial charge in [0.25, 0.3) is 0 Å². The van der Waals surface area contributed by atoms with E-state index in [9.17, 15) is 0 Å². The van der Waals surface area contributed by atoms with Gasteiger partial charge in [-0.3, -0.25) is 0 Å². The number of nitrogens with zero attached hydrogens (tertiary/aromatic N) is 2. The summed E-state index contributed by atoms with van der Waals surface area (Å²) in [5.41, 5.74) is 6.88. The lowest BCUT2D eigenvalue weighted by Crippen LogP contribution is -2.32. The zero-order chi connectivity index (χ0) is 15.4. The quantitative estimate of drug-likeness (QED) is 0.850. The Morgan fingerprint density at radius 1 is 1.32 bits per heavy atom. The predicted molar refractivity (Wildman–Crippen MR) is 93.5 cm³/mol. The van der Waals surface area contributed by atoms with Crippen molar-refractivity contribution in [2.24, 2.45) is 0 Å². The Bertz CT molecular complexity index is 610. The van der Waals surface area contributed by atoms with Crippen molar-refractivity contribution >= 4 is 28.1 Å². The number of hydrogen-bond donors (Lipinski definition) is 2. The molecule has 0 spiro atoms. The van der Waals surface area contributed by atoms with Crippen molar-refractivity contribution in [3.63, 3.8) is 0 Å². The van der Waals surface area contributed by atoms with Crippen molar-refractivity contribution in [1.82, 2.24) is 15.2 Å². The molecule has 0 aliphatic carbocycles. The molecule has 1 saturated heterocycles. The minimum Gasteiger partial charge on any atom is -0.375 e. The van der Waals surface area contributed by atoms with Crippen molar-refractivity contribution in [1.29, 1.82) is 0 Å². The first kappa shape index (κ1) is 15.7. The molecule has 0 amide bonds. The van der Waals surface area contributed by atoms with Gasteiger partial charge in [0.15, 0.2) is 5.13 Å². The monoisotopic (exact) mass is 336 g/mol. The number of nitrogen functional groups attached to an aromatic ring is 1. The van der Waals surface area contributed by atoms with Gasteiger partial charge in [-0.05, 0) is 37.6 Å². The van der Waals surface area contributed by atoms with Gasteiger partial charge in [-0.1, -0.05) is 29.8 Å². The number of thiazole rings is 1. The maximum atomic E-state index is 6.38. The fourth-order valence-electron chi connectivity index (χ4n) is 2.88. The van der Waals surface area contributed by atoms with Crippen LogP contribution < -0.4 is 11.1 Å². The van der Waals surface area contributed by atoms with Crippen LogP contribution in [0, 0.1) is 0 Å². The number of benzene rings is 1. The molecule has 0 radical (unpaired) electrons. The molecular formula is C16H21ClN4S. The van der Waals surface area contributed by atoms with E-state index in [1.165, 1.54) is 37.3 Å². The zero-order valence-corrected chi connectivity index (χ0v) is 14.0. The largest absolute Gasteiger partial charge is 0.375 e. The second kappa shape index (κ2) is 7.42. The van der Waals surface area contributed by atoms with Gasteiger partial charge >= 0.3 is 0 Å². The molecule has 0 saturated carbocycles. The van der Waals surface area contributed by atoms with Gasteiger partial charge in [0.05, 0.1) is 6.04 Å². The minimum atomic E-state index is 0.0473. The summed E-state index contributed by atoms with van der Waals surface area (Å²) in [6.07, 6.45) is 4.48. The Balaban J connectivity index is 1.73. The van der Waals surface area contributed by atoms with Crippen LogP contribution in [-0.4, -0.2) is 36.1 Å². The summed E-state index contributed by atoms with van der Waals surface area (Å²) in [6.45, 7) is 4.42. The summed E-state index contributed by atoms with van der Waals surface area (Å²) < 4.78 is 0. The van der Waals surface area contributed by atoms with E-state index in [1.54, 1.807) is 0 Å². The maximum Gasteiger partial charge on any atom is 0.180 e. The lowest BCUT2D eigenvalue weighted by Gasteiger charge is -2.21. The highest BCUT2D eigenvalue weighted by molar-refractivity contribution is 7.15. The molecule has 0 bridgehead atoms. The van der Waals surface area contributed by atoms with Gasteiger partial charge < -0.3 is 16.0 Å². The molecule has 2 heterocycles. The van der Waals surface area contributed by atoms with E-state index in [0.29, 0.717) is 5.13 Å². The molecular weight excluding hydrogens is 316 g/mol. The molecule has 1 aromatic heterocycles. The van der Waals surface area contributed by atoms with Crippen LogP contribution in [0.2, 0.25) is 5.02 Å². The SMILES string of the molecule is Nc1ncc(C(NCCN2CCCC2)c2ccccc2Cl)s1. The highest BCUT2D eigenvalue weighted by atomic mass is 35.5. The second-order valence-electron chi connectivity index (χ2n) is 5.56. The molecule has 3 rings (SSSR count). The molecule has 118 valence electrons. The average molecular weight is 337 g/mol. The van der Waals surface area contributed by atoms with E-state index in [0.717, 1.165) is 28.6 Å². The van der Waals surface area contributed by atoms with E-state index >= 15 is 0 Å². The molecule has 2 aromatic rings. The van der Waals surface area contributed by atoms with Crippen LogP contribution in [0.3, 0.4) is 0 Å². The summed E-state index contributed by atoms with van der Waals surface area (Å²) >= 11 is 7.90. The number of halogens is 1. The first-order valence-electron chi connectivity index (χ1n) is 7.65. The third-order valence-corrected chi connectivity index (χ3v) is 5.25. The Kier molecular flexibility index (Phi) is 5.31. The summed E-state index contributed by atoms with van der Waals surface area (Å²) in [7, 11) is 0. The lowest BCUT2D eigenvalue weighted by atomic mass is 10.1. The van der Waals surface area contributed by atoms with Gasteiger partial charge in [0, 0.05) is 29.2 Å². The maximum absolute atomic E-state index is 6.38. The summed E-state index contributed by atoms with van der Waals surface area (Å²) in [6, 6.07) is 8.00. The highest BCUT2D eigenvalue weighted by Gasteiger charge is 2.19. The van der Waals surface area contributed by atoms with Gasteiger partial charge in [-0.25, -0.2) is 4.98 Å². The van der Waals surface area contributed by atoms with Crippen LogP contribution in [0.15, 0.2) is 30.5 Å². The molecule has 1 aliphatic rings. The van der Waals surface area contributed by atoms with Crippen molar-refractivity contribution in [3.05, 3.63) is 45.9 Å². The predicted octanol–water partition coefficient (Wildman–Crippen LogP) is 3.15. The minimum absolute atomic E-state index is 0.0473. The smallest absolute Gasteiger partial charge is 0.180 e. The summed E-state index contributed by atoms with van der Waals surface area (Å²) in [5.74, 6) is 0. The molecule has 6 heteroatoms. The standard InChI is InChI=1S/C16H21ClN4S/c17-13-6-2-1-5-12(13)15(14-11-20-16(18)22-14)19-7-10-21-8-3-4-9-21/h1-2,5-6,11,15,19H,3-4,7-10H2,(H2,18,20). The average Bonchev–Trinajstić information content (AvgIpc) is 3.16. The molecule has 1 fully saturated rings. The van der Waals surface area contributed by atoms with Crippen LogP contribution in [0.1, 0.15) is 29.3 Å². The topological polar surface area (TPSA) is 54.2 Å². The number of hydrogen-bond acceptors (Lipinski definition) is 5. The number of nitrogens with one attached hydrogen (secondary N) is 1. The van der Waals surface area contributed by atoms with Crippen molar-refractivity contribution < 1.29 is 0 Å². The van der Waals surface area contributed by atoms with E-state index in [-0.39, 0.29) is 6.04 Å². The van der Waals surface area contributed by atoms with Gasteiger partial charge in [0.2, 0.25) is 0 Å². The van der Waals surface area contributed by atoms with E-state index in [2.05, 4.69) is 21.3 Å². The summed E-state index contributed by atoms with van der Waals surface area (Å²) in [5, 5.41) is 4.98. The van der Waals surface area contributed by atoms with Crippen LogP contribution in [0.4, 0.5) is 5.13 Å². The van der Waals surface area contributed by atoms with Crippen molar-refractivity contribution in [2.45, 2.75) is 18.9 Å². The normalized spacial score (nSPS) is 17.0. The van der Waals surface area contributed by atoms with Crippen LogP contribution >= 0.6 is 22.9 Å². The molecule has 1 unspecified atom stereocenters. The number of nitrogens with two attached hydrogens (primary N) is 1. The van der Waals surface area contributed by atoms with Crippen LogP contribution in [0.5, 0.6) is 0 Å². The van der Waals surface area contributed by atoms with Crippen molar-refractivity contribution in [3.8, 4) is 0 Å². The Hall–Kier alpha value is -1.14. The third kappa shape index (κ3) is 3.79. The van der Waals surface area contributed by atoms with Gasteiger partial charge in [-0.2, -0.15) is 0 Å². The molecule has 1 aliphatic heterocycles. The number of aromatic nitrogens is 1. The molecule has 3 N–H and O–H groups in total. The van der Waals surface area contributed by atoms with Crippen LogP contribution in [-0.2, 0) is 0 Å². The first-order valence-corrected chi connectivity index (χ1v) is 8.85. The third-order valence-electron chi connectivity index (χ3n) is 4.02. The van der Waals surface area contributed by atoms with E-state index in [1.807, 2.05) is 24.4 Å². The van der Waals surface area contributed by atoms with Gasteiger partial charge in [-0.15, -0.1) is 11.3 Å². The highest BCUT2D eigenvalue weighted by Crippen LogP contribution is 2.32. The molecule has 22 heavy (non-hydrogen) atoms. The van der Waals surface area contributed by atoms with Gasteiger partial charge in [0.1, 0.15) is 0 Å². The number of rotatable bonds is 6. The Labute approximate surface area is 140 Å². The van der Waals surface area contributed by atoms with Crippen LogP contribution in [0.25, 0.3) is 0 Å². The van der Waals surface area contributed by atoms with E-state index < -0.39 is 0 Å². The Morgan fingerprint density at radius 3 is 2.77 bits per heavy atom. The van der Waals surface area contributed by atoms with E-state index in [4.69, 9.17) is 17.3 Å². The second-order valence-corrected chi connectivity index (χ2v) is 7.06. The fraction of sp³-hybridized carbons (Fsp3) is 0.438.